The van der Waals surface area contributed by atoms with Crippen LogP contribution in [0.5, 0.6) is 0 Å². The standard InChI is InChI=1S/C22H25N3O4/c1-15-7-5-6-8-20(15)24-21(26)14-29-22(27)19(13-23)12-18-11-16(2)25(17(18)3)9-10-28-4/h5-8,11-12H,9-10,14H2,1-4H3,(H,24,26)/b19-12+. The van der Waals surface area contributed by atoms with E-state index in [0.29, 0.717) is 18.8 Å². The van der Waals surface area contributed by atoms with E-state index in [4.69, 9.17) is 9.47 Å². The zero-order valence-electron chi connectivity index (χ0n) is 17.1. The van der Waals surface area contributed by atoms with E-state index in [1.54, 1.807) is 19.2 Å². The van der Waals surface area contributed by atoms with Gasteiger partial charge in [-0.3, -0.25) is 4.79 Å². The summed E-state index contributed by atoms with van der Waals surface area (Å²) < 4.78 is 12.2. The van der Waals surface area contributed by atoms with Gasteiger partial charge in [-0.1, -0.05) is 18.2 Å². The van der Waals surface area contributed by atoms with Gasteiger partial charge in [0.1, 0.15) is 11.6 Å². The number of benzene rings is 1. The fourth-order valence-electron chi connectivity index (χ4n) is 2.90. The first kappa shape index (κ1) is 21.9. The molecule has 1 aromatic heterocycles. The van der Waals surface area contributed by atoms with Gasteiger partial charge < -0.3 is 19.4 Å². The van der Waals surface area contributed by atoms with Gasteiger partial charge in [-0.2, -0.15) is 5.26 Å². The van der Waals surface area contributed by atoms with Gasteiger partial charge in [0.15, 0.2) is 6.61 Å². The van der Waals surface area contributed by atoms with Crippen molar-refractivity contribution in [1.82, 2.24) is 4.57 Å². The van der Waals surface area contributed by atoms with Gasteiger partial charge in [0, 0.05) is 30.7 Å². The molecule has 0 atom stereocenters. The lowest BCUT2D eigenvalue weighted by Gasteiger charge is -2.09. The number of esters is 1. The summed E-state index contributed by atoms with van der Waals surface area (Å²) in [6.45, 7) is 6.47. The fourth-order valence-corrected chi connectivity index (χ4v) is 2.90. The molecule has 0 bridgehead atoms. The van der Waals surface area contributed by atoms with Crippen LogP contribution in [0.2, 0.25) is 0 Å². The first-order valence-corrected chi connectivity index (χ1v) is 9.17. The van der Waals surface area contributed by atoms with Crippen molar-refractivity contribution >= 4 is 23.6 Å². The number of aromatic nitrogens is 1. The Morgan fingerprint density at radius 2 is 1.97 bits per heavy atom. The molecular formula is C22H25N3O4. The second kappa shape index (κ2) is 10.2. The average molecular weight is 395 g/mol. The largest absolute Gasteiger partial charge is 0.451 e. The highest BCUT2D eigenvalue weighted by Crippen LogP contribution is 2.19. The van der Waals surface area contributed by atoms with Crippen molar-refractivity contribution in [3.63, 3.8) is 0 Å². The minimum Gasteiger partial charge on any atom is -0.451 e. The van der Waals surface area contributed by atoms with Gasteiger partial charge in [-0.05, 0) is 50.1 Å². The molecule has 0 radical (unpaired) electrons. The van der Waals surface area contributed by atoms with E-state index in [-0.39, 0.29) is 5.57 Å². The van der Waals surface area contributed by atoms with Crippen molar-refractivity contribution in [3.05, 3.63) is 58.4 Å². The molecule has 152 valence electrons. The number of para-hydroxylation sites is 1. The Morgan fingerprint density at radius 3 is 2.62 bits per heavy atom. The number of hydrogen-bond donors (Lipinski definition) is 1. The van der Waals surface area contributed by atoms with E-state index in [1.807, 2.05) is 49.6 Å². The lowest BCUT2D eigenvalue weighted by atomic mass is 10.1. The monoisotopic (exact) mass is 395 g/mol. The van der Waals surface area contributed by atoms with Crippen LogP contribution in [0.15, 0.2) is 35.9 Å². The van der Waals surface area contributed by atoms with Crippen molar-refractivity contribution < 1.29 is 19.1 Å². The number of aryl methyl sites for hydroxylation is 2. The van der Waals surface area contributed by atoms with Crippen LogP contribution in [0, 0.1) is 32.1 Å². The summed E-state index contributed by atoms with van der Waals surface area (Å²) in [6, 6.07) is 11.0. The summed E-state index contributed by atoms with van der Waals surface area (Å²) in [6.07, 6.45) is 1.48. The van der Waals surface area contributed by atoms with E-state index in [9.17, 15) is 14.9 Å². The Labute approximate surface area is 170 Å². The van der Waals surface area contributed by atoms with Gasteiger partial charge >= 0.3 is 5.97 Å². The zero-order valence-corrected chi connectivity index (χ0v) is 17.1. The molecule has 1 amide bonds. The summed E-state index contributed by atoms with van der Waals surface area (Å²) in [5, 5.41) is 12.0. The van der Waals surface area contributed by atoms with Crippen LogP contribution >= 0.6 is 0 Å². The Morgan fingerprint density at radius 1 is 1.24 bits per heavy atom. The molecule has 0 saturated carbocycles. The molecule has 0 fully saturated rings. The molecule has 0 unspecified atom stereocenters. The van der Waals surface area contributed by atoms with Crippen molar-refractivity contribution in [2.75, 3.05) is 25.6 Å². The number of hydrogen-bond acceptors (Lipinski definition) is 5. The predicted molar refractivity (Wildman–Crippen MR) is 110 cm³/mol. The van der Waals surface area contributed by atoms with E-state index in [2.05, 4.69) is 5.32 Å². The van der Waals surface area contributed by atoms with Crippen LogP contribution in [-0.4, -0.2) is 36.8 Å². The van der Waals surface area contributed by atoms with Crippen LogP contribution < -0.4 is 5.32 Å². The minimum atomic E-state index is -0.839. The smallest absolute Gasteiger partial charge is 0.349 e. The van der Waals surface area contributed by atoms with Gasteiger partial charge in [-0.15, -0.1) is 0 Å². The molecular weight excluding hydrogens is 370 g/mol. The second-order valence-electron chi connectivity index (χ2n) is 6.58. The minimum absolute atomic E-state index is 0.166. The number of nitrogens with zero attached hydrogens (tertiary/aromatic N) is 2. The summed E-state index contributed by atoms with van der Waals surface area (Å²) >= 11 is 0. The van der Waals surface area contributed by atoms with Gasteiger partial charge in [-0.25, -0.2) is 4.79 Å². The van der Waals surface area contributed by atoms with Crippen molar-refractivity contribution in [2.24, 2.45) is 0 Å². The second-order valence-corrected chi connectivity index (χ2v) is 6.58. The van der Waals surface area contributed by atoms with Gasteiger partial charge in [0.25, 0.3) is 5.91 Å². The number of methoxy groups -OCH3 is 1. The normalized spacial score (nSPS) is 11.1. The molecule has 1 heterocycles. The van der Waals surface area contributed by atoms with Gasteiger partial charge in [0.2, 0.25) is 0 Å². The first-order valence-electron chi connectivity index (χ1n) is 9.17. The van der Waals surface area contributed by atoms with Gasteiger partial charge in [0.05, 0.1) is 6.61 Å². The van der Waals surface area contributed by atoms with Crippen LogP contribution in [0.1, 0.15) is 22.5 Å². The number of carbonyl (C=O) groups is 2. The predicted octanol–water partition coefficient (Wildman–Crippen LogP) is 3.15. The van der Waals surface area contributed by atoms with E-state index in [1.165, 1.54) is 6.08 Å². The Bertz CT molecular complexity index is 967. The molecule has 7 heteroatoms. The van der Waals surface area contributed by atoms with Crippen molar-refractivity contribution in [2.45, 2.75) is 27.3 Å². The Kier molecular flexibility index (Phi) is 7.75. The summed E-state index contributed by atoms with van der Waals surface area (Å²) in [4.78, 5) is 24.3. The SMILES string of the molecule is COCCn1c(C)cc(/C=C(\C#N)C(=O)OCC(=O)Nc2ccccc2C)c1C. The van der Waals surface area contributed by atoms with E-state index in [0.717, 1.165) is 22.5 Å². The fraction of sp³-hybridized carbons (Fsp3) is 0.318. The van der Waals surface area contributed by atoms with Crippen LogP contribution in [0.3, 0.4) is 0 Å². The molecule has 0 aliphatic carbocycles. The third kappa shape index (κ3) is 5.80. The maximum absolute atomic E-state index is 12.3. The molecule has 0 spiro atoms. The van der Waals surface area contributed by atoms with Crippen molar-refractivity contribution in [1.29, 1.82) is 5.26 Å². The molecule has 2 aromatic rings. The van der Waals surface area contributed by atoms with Crippen LogP contribution in [-0.2, 0) is 25.6 Å². The summed E-state index contributed by atoms with van der Waals surface area (Å²) in [5.74, 6) is -1.31. The molecule has 1 aromatic carbocycles. The van der Waals surface area contributed by atoms with Crippen LogP contribution in [0.25, 0.3) is 6.08 Å². The average Bonchev–Trinajstić information content (AvgIpc) is 2.97. The third-order valence-electron chi connectivity index (χ3n) is 4.53. The topological polar surface area (TPSA) is 93.3 Å². The van der Waals surface area contributed by atoms with Crippen LogP contribution in [0.4, 0.5) is 5.69 Å². The summed E-state index contributed by atoms with van der Waals surface area (Å²) in [5.41, 5.74) is 4.03. The molecule has 7 nitrogen and oxygen atoms in total. The number of nitrogens with one attached hydrogen (secondary N) is 1. The maximum atomic E-state index is 12.3. The highest BCUT2D eigenvalue weighted by Gasteiger charge is 2.16. The maximum Gasteiger partial charge on any atom is 0.349 e. The number of ether oxygens (including phenoxy) is 2. The Balaban J connectivity index is 2.04. The Hall–Kier alpha value is -3.37. The number of anilines is 1. The lowest BCUT2D eigenvalue weighted by Crippen LogP contribution is -2.21. The zero-order chi connectivity index (χ0) is 21.4. The number of rotatable bonds is 8. The van der Waals surface area contributed by atoms with E-state index >= 15 is 0 Å². The number of nitriles is 1. The lowest BCUT2D eigenvalue weighted by molar-refractivity contribution is -0.142. The highest BCUT2D eigenvalue weighted by molar-refractivity contribution is 6.00. The third-order valence-corrected chi connectivity index (χ3v) is 4.53. The molecule has 2 rings (SSSR count). The van der Waals surface area contributed by atoms with Crippen molar-refractivity contribution in [3.8, 4) is 6.07 Å². The molecule has 0 saturated heterocycles. The molecule has 29 heavy (non-hydrogen) atoms. The number of carbonyl (C=O) groups excluding carboxylic acids is 2. The molecule has 0 aliphatic heterocycles. The summed E-state index contributed by atoms with van der Waals surface area (Å²) in [7, 11) is 1.63. The highest BCUT2D eigenvalue weighted by atomic mass is 16.5. The molecule has 0 aliphatic rings. The first-order chi connectivity index (χ1) is 13.9. The quantitative estimate of drug-likeness (QED) is 0.421. The molecule has 1 N–H and O–H groups in total. The number of amides is 1. The van der Waals surface area contributed by atoms with E-state index < -0.39 is 18.5 Å².